The highest BCUT2D eigenvalue weighted by Gasteiger charge is 2.01. The second-order valence-electron chi connectivity index (χ2n) is 5.37. The molecule has 4 heteroatoms. The molecule has 0 aliphatic rings. The summed E-state index contributed by atoms with van der Waals surface area (Å²) in [6.45, 7) is 2.70. The van der Waals surface area contributed by atoms with Crippen LogP contribution in [0.15, 0.2) is 54.6 Å². The number of nitriles is 1. The van der Waals surface area contributed by atoms with Gasteiger partial charge in [0.1, 0.15) is 6.61 Å². The van der Waals surface area contributed by atoms with Crippen molar-refractivity contribution in [1.29, 1.82) is 5.26 Å². The van der Waals surface area contributed by atoms with Crippen molar-refractivity contribution < 1.29 is 9.53 Å². The lowest BCUT2D eigenvalue weighted by Gasteiger charge is -2.06. The summed E-state index contributed by atoms with van der Waals surface area (Å²) in [4.78, 5) is 11.6. The number of carbonyl (C=O) groups excluding carboxylic acids is 1. The van der Waals surface area contributed by atoms with E-state index < -0.39 is 6.09 Å². The molecule has 0 unspecified atom stereocenters. The highest BCUT2D eigenvalue weighted by molar-refractivity contribution is 5.67. The lowest BCUT2D eigenvalue weighted by atomic mass is 10.1. The molecule has 0 atom stereocenters. The molecular weight excluding hydrogens is 300 g/mol. The van der Waals surface area contributed by atoms with Gasteiger partial charge >= 0.3 is 6.09 Å². The van der Waals surface area contributed by atoms with Gasteiger partial charge in [-0.25, -0.2) is 4.79 Å². The topological polar surface area (TPSA) is 62.1 Å². The van der Waals surface area contributed by atoms with Gasteiger partial charge in [0.25, 0.3) is 0 Å². The lowest BCUT2D eigenvalue weighted by Crippen LogP contribution is -2.24. The summed E-state index contributed by atoms with van der Waals surface area (Å²) in [5.74, 6) is 0. The minimum absolute atomic E-state index is 0.271. The summed E-state index contributed by atoms with van der Waals surface area (Å²) in [6.07, 6.45) is 4.25. The fourth-order valence-corrected chi connectivity index (χ4v) is 2.17. The Morgan fingerprint density at radius 2 is 2.04 bits per heavy atom. The largest absolute Gasteiger partial charge is 0.445 e. The third-order valence-electron chi connectivity index (χ3n) is 3.47. The number of rotatable bonds is 6. The van der Waals surface area contributed by atoms with Crippen molar-refractivity contribution in [3.05, 3.63) is 76.9 Å². The van der Waals surface area contributed by atoms with Crippen molar-refractivity contribution in [1.82, 2.24) is 5.32 Å². The standard InChI is InChI=1S/C20H20N2O2/c1-16-13-17(10-11-19(16)14-21)7-5-6-12-22-20(23)24-15-18-8-3-2-4-9-18/h2-5,7-11,13H,6,12,15H2,1H3,(H,22,23). The normalized spacial score (nSPS) is 10.3. The molecule has 0 saturated heterocycles. The molecule has 0 aromatic heterocycles. The van der Waals surface area contributed by atoms with E-state index >= 15 is 0 Å². The Morgan fingerprint density at radius 3 is 2.75 bits per heavy atom. The summed E-state index contributed by atoms with van der Waals surface area (Å²) in [6, 6.07) is 17.4. The molecule has 0 fully saturated rings. The van der Waals surface area contributed by atoms with Gasteiger partial charge in [-0.2, -0.15) is 5.26 Å². The average molecular weight is 320 g/mol. The maximum Gasteiger partial charge on any atom is 0.407 e. The summed E-state index contributed by atoms with van der Waals surface area (Å²) in [7, 11) is 0. The van der Waals surface area contributed by atoms with Gasteiger partial charge < -0.3 is 10.1 Å². The average Bonchev–Trinajstić information content (AvgIpc) is 2.61. The number of carbonyl (C=O) groups is 1. The zero-order chi connectivity index (χ0) is 17.2. The first-order valence-electron chi connectivity index (χ1n) is 7.81. The molecule has 0 aliphatic carbocycles. The fourth-order valence-electron chi connectivity index (χ4n) is 2.17. The van der Waals surface area contributed by atoms with Crippen LogP contribution in [-0.2, 0) is 11.3 Å². The monoisotopic (exact) mass is 320 g/mol. The Balaban J connectivity index is 1.68. The second kappa shape index (κ2) is 9.16. The molecule has 2 rings (SSSR count). The van der Waals surface area contributed by atoms with Crippen molar-refractivity contribution in [2.75, 3.05) is 6.54 Å². The van der Waals surface area contributed by atoms with Gasteiger partial charge in [0.05, 0.1) is 11.6 Å². The number of aryl methyl sites for hydroxylation is 1. The fraction of sp³-hybridized carbons (Fsp3) is 0.200. The number of ether oxygens (including phenoxy) is 1. The zero-order valence-electron chi connectivity index (χ0n) is 13.7. The van der Waals surface area contributed by atoms with Gasteiger partial charge in [-0.1, -0.05) is 54.6 Å². The number of benzene rings is 2. The van der Waals surface area contributed by atoms with Crippen LogP contribution in [0.5, 0.6) is 0 Å². The summed E-state index contributed by atoms with van der Waals surface area (Å²) >= 11 is 0. The summed E-state index contributed by atoms with van der Waals surface area (Å²) < 4.78 is 5.13. The van der Waals surface area contributed by atoms with Crippen molar-refractivity contribution in [3.63, 3.8) is 0 Å². The van der Waals surface area contributed by atoms with E-state index in [1.165, 1.54) is 0 Å². The van der Waals surface area contributed by atoms with Crippen LogP contribution in [0.1, 0.15) is 28.7 Å². The quantitative estimate of drug-likeness (QED) is 0.812. The van der Waals surface area contributed by atoms with Crippen LogP contribution >= 0.6 is 0 Å². The molecule has 1 amide bonds. The molecular formula is C20H20N2O2. The third kappa shape index (κ3) is 5.62. The molecule has 0 spiro atoms. The third-order valence-corrected chi connectivity index (χ3v) is 3.47. The van der Waals surface area contributed by atoms with Crippen LogP contribution in [0.3, 0.4) is 0 Å². The predicted octanol–water partition coefficient (Wildman–Crippen LogP) is 4.20. The molecule has 122 valence electrons. The number of amides is 1. The molecule has 24 heavy (non-hydrogen) atoms. The van der Waals surface area contributed by atoms with E-state index in [1.54, 1.807) is 0 Å². The first kappa shape index (κ1) is 17.3. The Kier molecular flexibility index (Phi) is 6.60. The van der Waals surface area contributed by atoms with E-state index in [0.717, 1.165) is 16.7 Å². The number of alkyl carbamates (subject to hydrolysis) is 1. The minimum atomic E-state index is -0.415. The Labute approximate surface area is 142 Å². The maximum absolute atomic E-state index is 11.6. The number of hydrogen-bond acceptors (Lipinski definition) is 3. The first-order valence-corrected chi connectivity index (χ1v) is 7.81. The van der Waals surface area contributed by atoms with Gasteiger partial charge in [0.2, 0.25) is 0 Å². The zero-order valence-corrected chi connectivity index (χ0v) is 13.7. The van der Waals surface area contributed by atoms with Gasteiger partial charge in [-0.15, -0.1) is 0 Å². The van der Waals surface area contributed by atoms with E-state index in [4.69, 9.17) is 10.00 Å². The second-order valence-corrected chi connectivity index (χ2v) is 5.37. The van der Waals surface area contributed by atoms with E-state index in [1.807, 2.05) is 67.6 Å². The van der Waals surface area contributed by atoms with Gasteiger partial charge in [0, 0.05) is 6.54 Å². The Bertz CT molecular complexity index is 746. The minimum Gasteiger partial charge on any atom is -0.445 e. The highest BCUT2D eigenvalue weighted by atomic mass is 16.5. The lowest BCUT2D eigenvalue weighted by molar-refractivity contribution is 0.140. The maximum atomic E-state index is 11.6. The van der Waals surface area contributed by atoms with Crippen LogP contribution in [0.2, 0.25) is 0 Å². The van der Waals surface area contributed by atoms with Crippen LogP contribution in [0, 0.1) is 18.3 Å². The van der Waals surface area contributed by atoms with Crippen LogP contribution in [0.25, 0.3) is 6.08 Å². The molecule has 0 aliphatic heterocycles. The molecule has 2 aromatic rings. The molecule has 0 bridgehead atoms. The number of hydrogen-bond donors (Lipinski definition) is 1. The Morgan fingerprint density at radius 1 is 1.25 bits per heavy atom. The highest BCUT2D eigenvalue weighted by Crippen LogP contribution is 2.11. The van der Waals surface area contributed by atoms with E-state index in [9.17, 15) is 4.79 Å². The number of nitrogens with zero attached hydrogens (tertiary/aromatic N) is 1. The van der Waals surface area contributed by atoms with Gasteiger partial charge in [-0.3, -0.25) is 0 Å². The van der Waals surface area contributed by atoms with Crippen LogP contribution < -0.4 is 5.32 Å². The first-order chi connectivity index (χ1) is 11.7. The van der Waals surface area contributed by atoms with Crippen molar-refractivity contribution in [3.8, 4) is 6.07 Å². The SMILES string of the molecule is Cc1cc(C=CCCNC(=O)OCc2ccccc2)ccc1C#N. The van der Waals surface area contributed by atoms with Crippen LogP contribution in [-0.4, -0.2) is 12.6 Å². The molecule has 0 radical (unpaired) electrons. The van der Waals surface area contributed by atoms with Crippen molar-refractivity contribution in [2.24, 2.45) is 0 Å². The van der Waals surface area contributed by atoms with E-state index in [2.05, 4.69) is 11.4 Å². The number of nitrogens with one attached hydrogen (secondary N) is 1. The molecule has 2 aromatic carbocycles. The molecule has 1 N–H and O–H groups in total. The van der Waals surface area contributed by atoms with E-state index in [-0.39, 0.29) is 6.61 Å². The summed E-state index contributed by atoms with van der Waals surface area (Å²) in [5, 5.41) is 11.6. The molecule has 0 saturated carbocycles. The van der Waals surface area contributed by atoms with Gasteiger partial charge in [-0.05, 0) is 36.1 Å². The smallest absolute Gasteiger partial charge is 0.407 e. The predicted molar refractivity (Wildman–Crippen MR) is 94.2 cm³/mol. The van der Waals surface area contributed by atoms with Crippen LogP contribution in [0.4, 0.5) is 4.79 Å². The van der Waals surface area contributed by atoms with Crippen molar-refractivity contribution >= 4 is 12.2 Å². The Hall–Kier alpha value is -3.06. The van der Waals surface area contributed by atoms with Gasteiger partial charge in [0.15, 0.2) is 0 Å². The van der Waals surface area contributed by atoms with Crippen molar-refractivity contribution in [2.45, 2.75) is 20.0 Å². The van der Waals surface area contributed by atoms with E-state index in [0.29, 0.717) is 18.5 Å². The molecule has 0 heterocycles. The summed E-state index contributed by atoms with van der Waals surface area (Å²) in [5.41, 5.74) is 3.65. The molecule has 4 nitrogen and oxygen atoms in total.